The fourth-order valence-corrected chi connectivity index (χ4v) is 5.44. The molecule has 1 aromatic carbocycles. The monoisotopic (exact) mass is 367 g/mol. The van der Waals surface area contributed by atoms with Crippen molar-refractivity contribution < 1.29 is 13.2 Å². The van der Waals surface area contributed by atoms with Crippen molar-refractivity contribution in [3.05, 3.63) is 28.6 Å². The number of hydrogen-bond donors (Lipinski definition) is 0. The Kier molecular flexibility index (Phi) is 4.63. The van der Waals surface area contributed by atoms with Crippen LogP contribution in [0.25, 0.3) is 10.2 Å². The molecule has 0 N–H and O–H groups in total. The number of benzene rings is 1. The first-order valence-corrected chi connectivity index (χ1v) is 10.6. The SMILES string of the molecule is Cc1cccc2sc(=NC(=O)C3CCCCN3S(C)(=O)=O)n(C)c12. The standard InChI is InChI=1S/C16H21N3O3S2/c1-11-7-6-9-13-14(11)18(2)16(23-13)17-15(20)12-8-4-5-10-19(12)24(3,21)22/h6-7,9,12H,4-5,8,10H2,1-3H3. The third-order valence-electron chi connectivity index (χ3n) is 4.39. The first kappa shape index (κ1) is 17.3. The maximum Gasteiger partial charge on any atom is 0.266 e. The summed E-state index contributed by atoms with van der Waals surface area (Å²) in [6, 6.07) is 5.32. The van der Waals surface area contributed by atoms with Crippen molar-refractivity contribution in [2.24, 2.45) is 12.0 Å². The average Bonchev–Trinajstić information content (AvgIpc) is 2.84. The van der Waals surface area contributed by atoms with Crippen molar-refractivity contribution in [3.8, 4) is 0 Å². The Hall–Kier alpha value is -1.51. The Balaban J connectivity index is 2.03. The van der Waals surface area contributed by atoms with Crippen molar-refractivity contribution in [2.75, 3.05) is 12.8 Å². The Bertz CT molecular complexity index is 957. The Morgan fingerprint density at radius 2 is 2.08 bits per heavy atom. The van der Waals surface area contributed by atoms with Crippen LogP contribution in [0.2, 0.25) is 0 Å². The number of piperidine rings is 1. The lowest BCUT2D eigenvalue weighted by Crippen LogP contribution is -2.47. The van der Waals surface area contributed by atoms with Crippen molar-refractivity contribution in [1.29, 1.82) is 0 Å². The molecule has 0 saturated carbocycles. The molecule has 8 heteroatoms. The van der Waals surface area contributed by atoms with Gasteiger partial charge in [-0.05, 0) is 31.4 Å². The number of carbonyl (C=O) groups is 1. The number of rotatable bonds is 2. The Morgan fingerprint density at radius 1 is 1.33 bits per heavy atom. The van der Waals surface area contributed by atoms with Gasteiger partial charge in [0.15, 0.2) is 4.80 Å². The lowest BCUT2D eigenvalue weighted by Gasteiger charge is -2.31. The number of amides is 1. The van der Waals surface area contributed by atoms with E-state index < -0.39 is 16.1 Å². The van der Waals surface area contributed by atoms with Crippen molar-refractivity contribution in [2.45, 2.75) is 32.2 Å². The maximum atomic E-state index is 12.7. The number of para-hydroxylation sites is 1. The van der Waals surface area contributed by atoms with Gasteiger partial charge in [0.05, 0.1) is 16.5 Å². The molecule has 3 rings (SSSR count). The fourth-order valence-electron chi connectivity index (χ4n) is 3.22. The molecular weight excluding hydrogens is 346 g/mol. The van der Waals surface area contributed by atoms with Gasteiger partial charge in [-0.15, -0.1) is 0 Å². The molecule has 1 fully saturated rings. The zero-order chi connectivity index (χ0) is 17.5. The van der Waals surface area contributed by atoms with Gasteiger partial charge in [0.2, 0.25) is 10.0 Å². The van der Waals surface area contributed by atoms with Gasteiger partial charge in [-0.1, -0.05) is 29.9 Å². The van der Waals surface area contributed by atoms with Crippen LogP contribution in [0.3, 0.4) is 0 Å². The average molecular weight is 367 g/mol. The molecule has 1 aliphatic heterocycles. The van der Waals surface area contributed by atoms with Crippen LogP contribution in [-0.4, -0.2) is 42.0 Å². The topological polar surface area (TPSA) is 71.7 Å². The minimum atomic E-state index is -3.40. The van der Waals surface area contributed by atoms with E-state index in [9.17, 15) is 13.2 Å². The van der Waals surface area contributed by atoms with Crippen molar-refractivity contribution in [1.82, 2.24) is 8.87 Å². The molecule has 24 heavy (non-hydrogen) atoms. The molecule has 0 spiro atoms. The second-order valence-electron chi connectivity index (χ2n) is 6.20. The van der Waals surface area contributed by atoms with Gasteiger partial charge < -0.3 is 4.57 Å². The molecule has 2 heterocycles. The highest BCUT2D eigenvalue weighted by atomic mass is 32.2. The molecule has 1 unspecified atom stereocenters. The van der Waals surface area contributed by atoms with Gasteiger partial charge in [0.25, 0.3) is 5.91 Å². The molecule has 1 atom stereocenters. The third kappa shape index (κ3) is 3.18. The molecule has 1 amide bonds. The largest absolute Gasteiger partial charge is 0.319 e. The van der Waals surface area contributed by atoms with E-state index in [0.717, 1.165) is 34.9 Å². The molecule has 2 aromatic rings. The van der Waals surface area contributed by atoms with E-state index >= 15 is 0 Å². The molecule has 130 valence electrons. The number of hydrogen-bond acceptors (Lipinski definition) is 4. The van der Waals surface area contributed by atoms with Crippen LogP contribution in [-0.2, 0) is 21.9 Å². The number of aryl methyl sites for hydroxylation is 2. The smallest absolute Gasteiger partial charge is 0.266 e. The van der Waals surface area contributed by atoms with Gasteiger partial charge in [-0.2, -0.15) is 9.30 Å². The van der Waals surface area contributed by atoms with Gasteiger partial charge >= 0.3 is 0 Å². The second kappa shape index (κ2) is 6.42. The number of carbonyl (C=O) groups excluding carboxylic acids is 1. The first-order chi connectivity index (χ1) is 11.3. The van der Waals surface area contributed by atoms with E-state index in [1.807, 2.05) is 36.7 Å². The number of sulfonamides is 1. The van der Waals surface area contributed by atoms with Gasteiger partial charge in [-0.25, -0.2) is 8.42 Å². The Morgan fingerprint density at radius 3 is 2.75 bits per heavy atom. The van der Waals surface area contributed by atoms with Crippen LogP contribution in [0.15, 0.2) is 23.2 Å². The van der Waals surface area contributed by atoms with Crippen molar-refractivity contribution >= 4 is 37.5 Å². The van der Waals surface area contributed by atoms with Gasteiger partial charge in [0.1, 0.15) is 6.04 Å². The predicted molar refractivity (Wildman–Crippen MR) is 95.3 cm³/mol. The van der Waals surface area contributed by atoms with E-state index in [2.05, 4.69) is 4.99 Å². The number of fused-ring (bicyclic) bond motifs is 1. The lowest BCUT2D eigenvalue weighted by atomic mass is 10.0. The zero-order valence-corrected chi connectivity index (χ0v) is 15.7. The third-order valence-corrected chi connectivity index (χ3v) is 6.78. The molecule has 0 aliphatic carbocycles. The van der Waals surface area contributed by atoms with E-state index in [1.54, 1.807) is 0 Å². The maximum absolute atomic E-state index is 12.7. The van der Waals surface area contributed by atoms with Gasteiger partial charge in [-0.3, -0.25) is 4.79 Å². The molecule has 6 nitrogen and oxygen atoms in total. The quantitative estimate of drug-likeness (QED) is 0.812. The first-order valence-electron chi connectivity index (χ1n) is 7.89. The van der Waals surface area contributed by atoms with Crippen LogP contribution >= 0.6 is 11.3 Å². The Labute approximate surface area is 145 Å². The summed E-state index contributed by atoms with van der Waals surface area (Å²) in [6.07, 6.45) is 3.31. The summed E-state index contributed by atoms with van der Waals surface area (Å²) in [4.78, 5) is 17.5. The van der Waals surface area contributed by atoms with Crippen LogP contribution in [0.5, 0.6) is 0 Å². The highest BCUT2D eigenvalue weighted by Crippen LogP contribution is 2.22. The summed E-state index contributed by atoms with van der Waals surface area (Å²) < 4.78 is 28.1. The molecule has 0 bridgehead atoms. The van der Waals surface area contributed by atoms with E-state index in [-0.39, 0.29) is 5.91 Å². The van der Waals surface area contributed by atoms with Crippen LogP contribution in [0.1, 0.15) is 24.8 Å². The van der Waals surface area contributed by atoms with E-state index in [4.69, 9.17) is 0 Å². The second-order valence-corrected chi connectivity index (χ2v) is 9.14. The number of thiazole rings is 1. The molecule has 0 radical (unpaired) electrons. The fraction of sp³-hybridized carbons (Fsp3) is 0.500. The summed E-state index contributed by atoms with van der Waals surface area (Å²) in [6.45, 7) is 2.41. The van der Waals surface area contributed by atoms with E-state index in [0.29, 0.717) is 17.8 Å². The van der Waals surface area contributed by atoms with E-state index in [1.165, 1.54) is 15.6 Å². The summed E-state index contributed by atoms with van der Waals surface area (Å²) in [5, 5.41) is 0. The zero-order valence-electron chi connectivity index (χ0n) is 14.0. The van der Waals surface area contributed by atoms with Crippen LogP contribution in [0.4, 0.5) is 0 Å². The normalized spacial score (nSPS) is 20.6. The number of nitrogens with zero attached hydrogens (tertiary/aromatic N) is 3. The van der Waals surface area contributed by atoms with Crippen LogP contribution in [0, 0.1) is 6.92 Å². The molecular formula is C16H21N3O3S2. The minimum absolute atomic E-state index is 0.375. The highest BCUT2D eigenvalue weighted by molar-refractivity contribution is 7.88. The lowest BCUT2D eigenvalue weighted by molar-refractivity contribution is -0.122. The van der Waals surface area contributed by atoms with Crippen molar-refractivity contribution in [3.63, 3.8) is 0 Å². The summed E-state index contributed by atoms with van der Waals surface area (Å²) in [5.41, 5.74) is 2.17. The minimum Gasteiger partial charge on any atom is -0.319 e. The molecule has 1 aromatic heterocycles. The highest BCUT2D eigenvalue weighted by Gasteiger charge is 2.34. The molecule has 1 saturated heterocycles. The predicted octanol–water partition coefficient (Wildman–Crippen LogP) is 1.79. The number of aromatic nitrogens is 1. The van der Waals surface area contributed by atoms with Crippen LogP contribution < -0.4 is 4.80 Å². The van der Waals surface area contributed by atoms with Gasteiger partial charge in [0, 0.05) is 13.6 Å². The summed E-state index contributed by atoms with van der Waals surface area (Å²) in [5.74, 6) is -0.375. The summed E-state index contributed by atoms with van der Waals surface area (Å²) in [7, 11) is -1.52. The molecule has 1 aliphatic rings. The summed E-state index contributed by atoms with van der Waals surface area (Å²) >= 11 is 1.45.